The quantitative estimate of drug-likeness (QED) is 0.686. The molecule has 1 amide bonds. The summed E-state index contributed by atoms with van der Waals surface area (Å²) < 4.78 is 0. The first-order valence-electron chi connectivity index (χ1n) is 5.10. The average Bonchev–Trinajstić information content (AvgIpc) is 3.04. The van der Waals surface area contributed by atoms with Crippen LogP contribution < -0.4 is 5.32 Å². The minimum absolute atomic E-state index is 0.190. The fourth-order valence-corrected chi connectivity index (χ4v) is 1.98. The van der Waals surface area contributed by atoms with Gasteiger partial charge in [0.05, 0.1) is 17.0 Å². The first-order chi connectivity index (χ1) is 8.79. The van der Waals surface area contributed by atoms with Crippen LogP contribution in [0.1, 0.15) is 21.1 Å². The van der Waals surface area contributed by atoms with Crippen LogP contribution in [0.5, 0.6) is 0 Å². The number of H-pyrrole nitrogens is 1. The van der Waals surface area contributed by atoms with Crippen molar-refractivity contribution in [1.82, 2.24) is 20.5 Å². The maximum absolute atomic E-state index is 11.8. The van der Waals surface area contributed by atoms with Crippen LogP contribution in [0, 0.1) is 11.8 Å². The molecule has 0 aromatic carbocycles. The lowest BCUT2D eigenvalue weighted by Gasteiger charge is -1.99. The molecule has 2 heterocycles. The van der Waals surface area contributed by atoms with Crippen LogP contribution in [0.25, 0.3) is 0 Å². The topological polar surface area (TPSA) is 90.9 Å². The van der Waals surface area contributed by atoms with Crippen molar-refractivity contribution in [3.8, 4) is 11.8 Å². The maximum atomic E-state index is 11.8. The molecular weight excluding hydrogens is 252 g/mol. The van der Waals surface area contributed by atoms with E-state index in [-0.39, 0.29) is 12.5 Å². The van der Waals surface area contributed by atoms with Gasteiger partial charge in [0.25, 0.3) is 5.91 Å². The fraction of sp³-hybridized carbons (Fsp3) is 0.182. The molecule has 0 aliphatic heterocycles. The highest BCUT2D eigenvalue weighted by Gasteiger charge is 2.08. The van der Waals surface area contributed by atoms with Crippen LogP contribution in [0.4, 0.5) is 0 Å². The highest BCUT2D eigenvalue weighted by Crippen LogP contribution is 2.13. The van der Waals surface area contributed by atoms with Gasteiger partial charge in [-0.25, -0.2) is 4.98 Å². The van der Waals surface area contributed by atoms with Crippen LogP contribution in [-0.4, -0.2) is 32.8 Å². The SMILES string of the molecule is O=C(NCc1ncn[nH]1)c1csc(C#CCO)c1. The second kappa shape index (κ2) is 5.95. The molecule has 92 valence electrons. The Morgan fingerprint density at radius 2 is 2.50 bits per heavy atom. The van der Waals surface area contributed by atoms with Crippen molar-refractivity contribution in [2.45, 2.75) is 6.54 Å². The standard InChI is InChI=1S/C11H10N4O2S/c16-3-1-2-9-4-8(6-18-9)11(17)12-5-10-13-7-14-15-10/h4,6-7,16H,3,5H2,(H,12,17)(H,13,14,15). The summed E-state index contributed by atoms with van der Waals surface area (Å²) >= 11 is 1.36. The Labute approximate surface area is 107 Å². The molecule has 0 radical (unpaired) electrons. The number of aromatic amines is 1. The molecule has 7 heteroatoms. The van der Waals surface area contributed by atoms with E-state index in [2.05, 4.69) is 32.3 Å². The molecule has 0 atom stereocenters. The summed E-state index contributed by atoms with van der Waals surface area (Å²) in [5.74, 6) is 5.68. The van der Waals surface area contributed by atoms with E-state index in [1.165, 1.54) is 17.7 Å². The minimum Gasteiger partial charge on any atom is -0.384 e. The second-order valence-electron chi connectivity index (χ2n) is 3.27. The Morgan fingerprint density at radius 1 is 1.61 bits per heavy atom. The average molecular weight is 262 g/mol. The van der Waals surface area contributed by atoms with Crippen LogP contribution >= 0.6 is 11.3 Å². The molecule has 0 aliphatic carbocycles. The van der Waals surface area contributed by atoms with E-state index < -0.39 is 0 Å². The minimum atomic E-state index is -0.195. The third kappa shape index (κ3) is 3.16. The zero-order valence-electron chi connectivity index (χ0n) is 9.30. The van der Waals surface area contributed by atoms with Crippen molar-refractivity contribution in [1.29, 1.82) is 0 Å². The molecule has 0 saturated heterocycles. The highest BCUT2D eigenvalue weighted by molar-refractivity contribution is 7.10. The number of carbonyl (C=O) groups excluding carboxylic acids is 1. The molecule has 18 heavy (non-hydrogen) atoms. The van der Waals surface area contributed by atoms with E-state index in [0.29, 0.717) is 17.9 Å². The van der Waals surface area contributed by atoms with Crippen molar-refractivity contribution < 1.29 is 9.90 Å². The van der Waals surface area contributed by atoms with Gasteiger partial charge in [-0.2, -0.15) is 5.10 Å². The van der Waals surface area contributed by atoms with Gasteiger partial charge in [0.15, 0.2) is 0 Å². The lowest BCUT2D eigenvalue weighted by atomic mass is 10.3. The summed E-state index contributed by atoms with van der Waals surface area (Å²) in [5, 5.41) is 19.3. The summed E-state index contributed by atoms with van der Waals surface area (Å²) in [6, 6.07) is 1.68. The molecule has 0 bridgehead atoms. The summed E-state index contributed by atoms with van der Waals surface area (Å²) in [6.45, 7) is 0.108. The zero-order valence-corrected chi connectivity index (χ0v) is 10.1. The predicted octanol–water partition coefficient (Wildman–Crippen LogP) is 0.140. The van der Waals surface area contributed by atoms with Crippen molar-refractivity contribution in [2.24, 2.45) is 0 Å². The summed E-state index contributed by atoms with van der Waals surface area (Å²) in [5.41, 5.74) is 0.543. The maximum Gasteiger partial charge on any atom is 0.252 e. The molecule has 0 spiro atoms. The van der Waals surface area contributed by atoms with E-state index in [0.717, 1.165) is 4.88 Å². The molecule has 2 aromatic rings. The zero-order chi connectivity index (χ0) is 12.8. The summed E-state index contributed by atoms with van der Waals surface area (Å²) in [4.78, 5) is 16.4. The Balaban J connectivity index is 1.94. The van der Waals surface area contributed by atoms with Crippen molar-refractivity contribution in [3.05, 3.63) is 34.0 Å². The van der Waals surface area contributed by atoms with Gasteiger partial charge >= 0.3 is 0 Å². The number of nitrogens with zero attached hydrogens (tertiary/aromatic N) is 2. The number of amides is 1. The van der Waals surface area contributed by atoms with Crippen LogP contribution in [-0.2, 0) is 6.54 Å². The molecule has 0 aliphatic rings. The number of carbonyl (C=O) groups is 1. The Morgan fingerprint density at radius 3 is 3.22 bits per heavy atom. The van der Waals surface area contributed by atoms with Gasteiger partial charge < -0.3 is 10.4 Å². The monoisotopic (exact) mass is 262 g/mol. The highest BCUT2D eigenvalue weighted by atomic mass is 32.1. The number of aliphatic hydroxyl groups is 1. The predicted molar refractivity (Wildman–Crippen MR) is 65.8 cm³/mol. The van der Waals surface area contributed by atoms with Crippen LogP contribution in [0.2, 0.25) is 0 Å². The Bertz CT molecular complexity index is 580. The molecule has 0 saturated carbocycles. The Hall–Kier alpha value is -2.17. The third-order valence-electron chi connectivity index (χ3n) is 2.03. The van der Waals surface area contributed by atoms with Crippen LogP contribution in [0.15, 0.2) is 17.8 Å². The fourth-order valence-electron chi connectivity index (χ4n) is 1.23. The van der Waals surface area contributed by atoms with E-state index >= 15 is 0 Å². The number of nitrogens with one attached hydrogen (secondary N) is 2. The van der Waals surface area contributed by atoms with Crippen molar-refractivity contribution >= 4 is 17.2 Å². The van der Waals surface area contributed by atoms with Gasteiger partial charge in [0, 0.05) is 5.38 Å². The van der Waals surface area contributed by atoms with Crippen molar-refractivity contribution in [2.75, 3.05) is 6.61 Å². The number of aromatic nitrogens is 3. The molecule has 3 N–H and O–H groups in total. The van der Waals surface area contributed by atoms with Gasteiger partial charge in [0.1, 0.15) is 18.8 Å². The Kier molecular flexibility index (Phi) is 4.06. The molecule has 2 aromatic heterocycles. The lowest BCUT2D eigenvalue weighted by Crippen LogP contribution is -2.22. The third-order valence-corrected chi connectivity index (χ3v) is 2.88. The number of thiophene rings is 1. The number of hydrogen-bond donors (Lipinski definition) is 3. The number of rotatable bonds is 3. The number of aliphatic hydroxyl groups excluding tert-OH is 1. The molecule has 0 fully saturated rings. The van der Waals surface area contributed by atoms with Gasteiger partial charge in [0.2, 0.25) is 0 Å². The van der Waals surface area contributed by atoms with E-state index in [1.807, 2.05) is 0 Å². The smallest absolute Gasteiger partial charge is 0.252 e. The van der Waals surface area contributed by atoms with Gasteiger partial charge in [-0.05, 0) is 6.07 Å². The van der Waals surface area contributed by atoms with Gasteiger partial charge in [-0.3, -0.25) is 9.89 Å². The first-order valence-corrected chi connectivity index (χ1v) is 5.98. The van der Waals surface area contributed by atoms with Crippen molar-refractivity contribution in [3.63, 3.8) is 0 Å². The van der Waals surface area contributed by atoms with Crippen LogP contribution in [0.3, 0.4) is 0 Å². The molecule has 2 rings (SSSR count). The molecule has 6 nitrogen and oxygen atoms in total. The summed E-state index contributed by atoms with van der Waals surface area (Å²) in [6.07, 6.45) is 1.38. The molecular formula is C11H10N4O2S. The van der Waals surface area contributed by atoms with Gasteiger partial charge in [-0.1, -0.05) is 11.8 Å². The van der Waals surface area contributed by atoms with E-state index in [9.17, 15) is 4.79 Å². The first kappa shape index (κ1) is 12.3. The van der Waals surface area contributed by atoms with E-state index in [4.69, 9.17) is 5.11 Å². The molecule has 0 unspecified atom stereocenters. The largest absolute Gasteiger partial charge is 0.384 e. The lowest BCUT2D eigenvalue weighted by molar-refractivity contribution is 0.0950. The number of hydrogen-bond acceptors (Lipinski definition) is 5. The summed E-state index contributed by atoms with van der Waals surface area (Å²) in [7, 11) is 0. The normalized spacial score (nSPS) is 9.61. The van der Waals surface area contributed by atoms with E-state index in [1.54, 1.807) is 11.4 Å². The van der Waals surface area contributed by atoms with Gasteiger partial charge in [-0.15, -0.1) is 11.3 Å². The second-order valence-corrected chi connectivity index (χ2v) is 4.19.